The number of nitrogens with zero attached hydrogens (tertiary/aromatic N) is 1. The van der Waals surface area contributed by atoms with Crippen LogP contribution in [-0.2, 0) is 0 Å². The van der Waals surface area contributed by atoms with E-state index in [1.54, 1.807) is 12.1 Å². The predicted molar refractivity (Wildman–Crippen MR) is 78.8 cm³/mol. The molecule has 2 amide bonds. The Kier molecular flexibility index (Phi) is 5.61. The number of amides is 2. The highest BCUT2D eigenvalue weighted by molar-refractivity contribution is 5.98. The Bertz CT molecular complexity index is 726. The summed E-state index contributed by atoms with van der Waals surface area (Å²) in [6, 6.07) is 8.42. The van der Waals surface area contributed by atoms with Crippen molar-refractivity contribution in [2.75, 3.05) is 7.11 Å². The van der Waals surface area contributed by atoms with E-state index in [2.05, 4.69) is 20.6 Å². The number of aromatic nitrogens is 1. The molecule has 2 aromatic rings. The predicted octanol–water partition coefficient (Wildman–Crippen LogP) is 1.77. The second kappa shape index (κ2) is 7.86. The zero-order valence-electron chi connectivity index (χ0n) is 12.5. The van der Waals surface area contributed by atoms with E-state index in [0.29, 0.717) is 0 Å². The number of carbonyl (C=O) groups excluding carboxylic acids is 2. The van der Waals surface area contributed by atoms with Crippen molar-refractivity contribution in [1.82, 2.24) is 15.8 Å². The highest BCUT2D eigenvalue weighted by Gasteiger charge is 2.15. The third-order valence-electron chi connectivity index (χ3n) is 2.83. The van der Waals surface area contributed by atoms with Crippen molar-refractivity contribution < 1.29 is 27.8 Å². The fourth-order valence-electron chi connectivity index (χ4n) is 1.75. The number of halogens is 2. The summed E-state index contributed by atoms with van der Waals surface area (Å²) in [5, 5.41) is 0. The Labute approximate surface area is 135 Å². The van der Waals surface area contributed by atoms with Gasteiger partial charge < -0.3 is 9.47 Å². The lowest BCUT2D eigenvalue weighted by atomic mass is 10.2. The van der Waals surface area contributed by atoms with Crippen molar-refractivity contribution in [3.05, 3.63) is 53.9 Å². The van der Waals surface area contributed by atoms with Crippen molar-refractivity contribution in [3.63, 3.8) is 0 Å². The molecule has 1 heterocycles. The molecule has 0 spiro atoms. The van der Waals surface area contributed by atoms with Crippen molar-refractivity contribution in [2.45, 2.75) is 6.61 Å². The minimum Gasteiger partial charge on any atom is -0.493 e. The van der Waals surface area contributed by atoms with E-state index >= 15 is 0 Å². The van der Waals surface area contributed by atoms with Gasteiger partial charge in [-0.05, 0) is 30.3 Å². The van der Waals surface area contributed by atoms with Gasteiger partial charge in [-0.3, -0.25) is 25.4 Å². The molecule has 0 fully saturated rings. The molecular weight excluding hydrogens is 324 g/mol. The minimum absolute atomic E-state index is 0.00669. The topological polar surface area (TPSA) is 89.6 Å². The van der Waals surface area contributed by atoms with Gasteiger partial charge in [-0.15, -0.1) is 0 Å². The molecule has 0 aliphatic heterocycles. The van der Waals surface area contributed by atoms with E-state index in [1.165, 1.54) is 31.5 Å². The summed E-state index contributed by atoms with van der Waals surface area (Å²) in [4.78, 5) is 27.6. The van der Waals surface area contributed by atoms with Crippen LogP contribution in [0.2, 0.25) is 0 Å². The lowest BCUT2D eigenvalue weighted by Gasteiger charge is -2.12. The molecule has 0 unspecified atom stereocenters. The van der Waals surface area contributed by atoms with Gasteiger partial charge in [-0.25, -0.2) is 0 Å². The molecule has 2 N–H and O–H groups in total. The van der Waals surface area contributed by atoms with E-state index < -0.39 is 18.4 Å². The molecule has 2 rings (SSSR count). The Morgan fingerprint density at radius 1 is 1.08 bits per heavy atom. The van der Waals surface area contributed by atoms with E-state index in [9.17, 15) is 18.4 Å². The maximum Gasteiger partial charge on any atom is 0.387 e. The molecule has 0 saturated carbocycles. The molecule has 126 valence electrons. The molecule has 0 aliphatic carbocycles. The standard InChI is InChI=1S/C15H13F2N3O4/c1-23-11-6-5-9(8-12(11)24-15(16)17)13(21)19-20-14(22)10-4-2-3-7-18-10/h2-8,15H,1H3,(H,19,21)(H,20,22). The van der Waals surface area contributed by atoms with Gasteiger partial charge in [-0.2, -0.15) is 8.78 Å². The third-order valence-corrected chi connectivity index (χ3v) is 2.83. The fraction of sp³-hybridized carbons (Fsp3) is 0.133. The number of nitrogens with one attached hydrogen (secondary N) is 2. The molecule has 0 aliphatic rings. The quantitative estimate of drug-likeness (QED) is 0.812. The van der Waals surface area contributed by atoms with E-state index in [0.717, 1.165) is 6.07 Å². The van der Waals surface area contributed by atoms with Crippen LogP contribution in [0, 0.1) is 0 Å². The first-order valence-corrected chi connectivity index (χ1v) is 6.66. The van der Waals surface area contributed by atoms with Crippen LogP contribution in [0.1, 0.15) is 20.8 Å². The monoisotopic (exact) mass is 337 g/mol. The number of hydrazine groups is 1. The van der Waals surface area contributed by atoms with Crippen molar-refractivity contribution in [3.8, 4) is 11.5 Å². The third kappa shape index (κ3) is 4.38. The Morgan fingerprint density at radius 3 is 2.46 bits per heavy atom. The number of alkyl halides is 2. The minimum atomic E-state index is -3.07. The van der Waals surface area contributed by atoms with Gasteiger partial charge in [0.1, 0.15) is 5.69 Å². The number of methoxy groups -OCH3 is 1. The van der Waals surface area contributed by atoms with Crippen LogP contribution >= 0.6 is 0 Å². The molecule has 24 heavy (non-hydrogen) atoms. The van der Waals surface area contributed by atoms with Crippen LogP contribution in [-0.4, -0.2) is 30.5 Å². The summed E-state index contributed by atoms with van der Waals surface area (Å²) in [7, 11) is 1.28. The number of benzene rings is 1. The van der Waals surface area contributed by atoms with Gasteiger partial charge in [0.2, 0.25) is 0 Å². The zero-order chi connectivity index (χ0) is 17.5. The lowest BCUT2D eigenvalue weighted by Crippen LogP contribution is -2.41. The van der Waals surface area contributed by atoms with Crippen molar-refractivity contribution in [2.24, 2.45) is 0 Å². The first kappa shape index (κ1) is 17.1. The zero-order valence-corrected chi connectivity index (χ0v) is 12.5. The molecular formula is C15H13F2N3O4. The number of ether oxygens (including phenoxy) is 2. The van der Waals surface area contributed by atoms with Gasteiger partial charge >= 0.3 is 6.61 Å². The molecule has 0 atom stereocenters. The molecule has 7 nitrogen and oxygen atoms in total. The molecule has 0 saturated heterocycles. The molecule has 9 heteroatoms. The summed E-state index contributed by atoms with van der Waals surface area (Å²) in [6.07, 6.45) is 1.42. The molecule has 0 bridgehead atoms. The lowest BCUT2D eigenvalue weighted by molar-refractivity contribution is -0.0512. The second-order valence-corrected chi connectivity index (χ2v) is 4.37. The van der Waals surface area contributed by atoms with Gasteiger partial charge in [0.15, 0.2) is 11.5 Å². The average molecular weight is 337 g/mol. The SMILES string of the molecule is COc1ccc(C(=O)NNC(=O)c2ccccn2)cc1OC(F)F. The fourth-order valence-corrected chi connectivity index (χ4v) is 1.75. The van der Waals surface area contributed by atoms with Gasteiger partial charge in [-0.1, -0.05) is 6.07 Å². The van der Waals surface area contributed by atoms with Crippen LogP contribution < -0.4 is 20.3 Å². The summed E-state index contributed by atoms with van der Waals surface area (Å²) < 4.78 is 33.9. The smallest absolute Gasteiger partial charge is 0.387 e. The van der Waals surface area contributed by atoms with E-state index in [-0.39, 0.29) is 22.8 Å². The first-order valence-electron chi connectivity index (χ1n) is 6.66. The molecule has 1 aromatic heterocycles. The Balaban J connectivity index is 2.05. The van der Waals surface area contributed by atoms with Crippen LogP contribution in [0.3, 0.4) is 0 Å². The number of carbonyl (C=O) groups is 2. The molecule has 1 aromatic carbocycles. The number of rotatable bonds is 5. The first-order chi connectivity index (χ1) is 11.5. The normalized spacial score (nSPS) is 10.2. The molecule has 0 radical (unpaired) electrons. The maximum absolute atomic E-state index is 12.4. The largest absolute Gasteiger partial charge is 0.493 e. The highest BCUT2D eigenvalue weighted by atomic mass is 19.3. The van der Waals surface area contributed by atoms with E-state index in [1.807, 2.05) is 0 Å². The Morgan fingerprint density at radius 2 is 1.83 bits per heavy atom. The second-order valence-electron chi connectivity index (χ2n) is 4.37. The van der Waals surface area contributed by atoms with Gasteiger partial charge in [0.25, 0.3) is 11.8 Å². The number of hydrogen-bond donors (Lipinski definition) is 2. The van der Waals surface area contributed by atoms with E-state index in [4.69, 9.17) is 4.74 Å². The summed E-state index contributed by atoms with van der Waals surface area (Å²) in [5.41, 5.74) is 4.42. The van der Waals surface area contributed by atoms with Gasteiger partial charge in [0.05, 0.1) is 7.11 Å². The van der Waals surface area contributed by atoms with Gasteiger partial charge in [0, 0.05) is 11.8 Å². The number of pyridine rings is 1. The Hall–Kier alpha value is -3.23. The summed E-state index contributed by atoms with van der Waals surface area (Å²) in [6.45, 7) is -3.07. The van der Waals surface area contributed by atoms with Crippen molar-refractivity contribution in [1.29, 1.82) is 0 Å². The number of hydrogen-bond acceptors (Lipinski definition) is 5. The average Bonchev–Trinajstić information content (AvgIpc) is 2.59. The summed E-state index contributed by atoms with van der Waals surface area (Å²) in [5.74, 6) is -1.59. The highest BCUT2D eigenvalue weighted by Crippen LogP contribution is 2.29. The van der Waals surface area contributed by atoms with Crippen LogP contribution in [0.5, 0.6) is 11.5 Å². The van der Waals surface area contributed by atoms with Crippen molar-refractivity contribution >= 4 is 11.8 Å². The maximum atomic E-state index is 12.4. The summed E-state index contributed by atoms with van der Waals surface area (Å²) >= 11 is 0. The van der Waals surface area contributed by atoms with Crippen LogP contribution in [0.15, 0.2) is 42.6 Å². The van der Waals surface area contributed by atoms with Crippen LogP contribution in [0.25, 0.3) is 0 Å². The van der Waals surface area contributed by atoms with Crippen LogP contribution in [0.4, 0.5) is 8.78 Å².